The molecule has 0 amide bonds. The van der Waals surface area contributed by atoms with Crippen molar-refractivity contribution in [3.05, 3.63) is 28.0 Å². The summed E-state index contributed by atoms with van der Waals surface area (Å²) in [4.78, 5) is 2.30. The molecular weight excluding hydrogens is 245 g/mol. The molecular formula is C11H13BrFN. The molecule has 0 radical (unpaired) electrons. The van der Waals surface area contributed by atoms with Crippen LogP contribution in [0.25, 0.3) is 0 Å². The van der Waals surface area contributed by atoms with Gasteiger partial charge in [-0.1, -0.05) is 0 Å². The van der Waals surface area contributed by atoms with Crippen molar-refractivity contribution in [1.29, 1.82) is 0 Å². The third-order valence-electron chi connectivity index (χ3n) is 2.67. The van der Waals surface area contributed by atoms with Gasteiger partial charge in [0.05, 0.1) is 4.47 Å². The Labute approximate surface area is 92.0 Å². The minimum absolute atomic E-state index is 0.145. The molecule has 0 atom stereocenters. The molecule has 0 saturated carbocycles. The standard InChI is InChI=1S/C11H13BrFN/c1-8-6-9(7-10(12)11(8)13)14-4-2-3-5-14/h6-7H,2-5H2,1H3. The second-order valence-electron chi connectivity index (χ2n) is 3.75. The van der Waals surface area contributed by atoms with E-state index in [0.29, 0.717) is 10.0 Å². The van der Waals surface area contributed by atoms with Gasteiger partial charge < -0.3 is 4.90 Å². The second-order valence-corrected chi connectivity index (χ2v) is 4.61. The van der Waals surface area contributed by atoms with Crippen LogP contribution < -0.4 is 4.90 Å². The van der Waals surface area contributed by atoms with Gasteiger partial charge in [0.15, 0.2) is 0 Å². The molecule has 1 heterocycles. The van der Waals surface area contributed by atoms with E-state index in [-0.39, 0.29) is 5.82 Å². The van der Waals surface area contributed by atoms with Crippen molar-refractivity contribution in [3.63, 3.8) is 0 Å². The summed E-state index contributed by atoms with van der Waals surface area (Å²) in [7, 11) is 0. The first-order valence-electron chi connectivity index (χ1n) is 4.89. The van der Waals surface area contributed by atoms with Crippen LogP contribution in [0.4, 0.5) is 10.1 Å². The number of anilines is 1. The van der Waals surface area contributed by atoms with Crippen LogP contribution in [0.1, 0.15) is 18.4 Å². The Morgan fingerprint density at radius 2 is 1.93 bits per heavy atom. The minimum Gasteiger partial charge on any atom is -0.371 e. The first-order valence-corrected chi connectivity index (χ1v) is 5.68. The lowest BCUT2D eigenvalue weighted by molar-refractivity contribution is 0.611. The number of nitrogens with zero attached hydrogens (tertiary/aromatic N) is 1. The summed E-state index contributed by atoms with van der Waals surface area (Å²) in [6.07, 6.45) is 2.49. The van der Waals surface area contributed by atoms with E-state index >= 15 is 0 Å². The van der Waals surface area contributed by atoms with Gasteiger partial charge in [-0.3, -0.25) is 0 Å². The largest absolute Gasteiger partial charge is 0.371 e. The summed E-state index contributed by atoms with van der Waals surface area (Å²) >= 11 is 3.24. The smallest absolute Gasteiger partial charge is 0.140 e. The number of rotatable bonds is 1. The van der Waals surface area contributed by atoms with Gasteiger partial charge in [0, 0.05) is 18.8 Å². The fraction of sp³-hybridized carbons (Fsp3) is 0.455. The third kappa shape index (κ3) is 1.78. The average Bonchev–Trinajstić information content (AvgIpc) is 2.66. The van der Waals surface area contributed by atoms with Crippen molar-refractivity contribution in [2.24, 2.45) is 0 Å². The summed E-state index contributed by atoms with van der Waals surface area (Å²) in [6, 6.07) is 3.79. The van der Waals surface area contributed by atoms with E-state index in [2.05, 4.69) is 20.8 Å². The van der Waals surface area contributed by atoms with E-state index in [1.165, 1.54) is 12.8 Å². The molecule has 0 aromatic heterocycles. The van der Waals surface area contributed by atoms with Crippen LogP contribution in [0.2, 0.25) is 0 Å². The van der Waals surface area contributed by atoms with Crippen LogP contribution in [-0.4, -0.2) is 13.1 Å². The third-order valence-corrected chi connectivity index (χ3v) is 3.24. The van der Waals surface area contributed by atoms with Crippen molar-refractivity contribution < 1.29 is 4.39 Å². The zero-order chi connectivity index (χ0) is 10.1. The normalized spacial score (nSPS) is 16.4. The Kier molecular flexibility index (Phi) is 2.77. The van der Waals surface area contributed by atoms with Gasteiger partial charge in [-0.25, -0.2) is 4.39 Å². The van der Waals surface area contributed by atoms with Gasteiger partial charge in [-0.15, -0.1) is 0 Å². The van der Waals surface area contributed by atoms with Crippen LogP contribution in [0.15, 0.2) is 16.6 Å². The molecule has 1 aromatic rings. The van der Waals surface area contributed by atoms with E-state index in [4.69, 9.17) is 0 Å². The molecule has 1 aromatic carbocycles. The summed E-state index contributed by atoms with van der Waals surface area (Å²) in [5.41, 5.74) is 1.84. The minimum atomic E-state index is -0.145. The first kappa shape index (κ1) is 9.97. The maximum atomic E-state index is 13.3. The van der Waals surface area contributed by atoms with E-state index in [1.54, 1.807) is 6.92 Å². The monoisotopic (exact) mass is 257 g/mol. The molecule has 1 nitrogen and oxygen atoms in total. The lowest BCUT2D eigenvalue weighted by atomic mass is 10.2. The lowest BCUT2D eigenvalue weighted by Crippen LogP contribution is -2.17. The maximum absolute atomic E-state index is 13.3. The molecule has 1 fully saturated rings. The number of aryl methyl sites for hydroxylation is 1. The molecule has 0 spiro atoms. The zero-order valence-electron chi connectivity index (χ0n) is 8.19. The fourth-order valence-corrected chi connectivity index (χ4v) is 2.41. The highest BCUT2D eigenvalue weighted by molar-refractivity contribution is 9.10. The van der Waals surface area contributed by atoms with Crippen molar-refractivity contribution in [3.8, 4) is 0 Å². The Hall–Kier alpha value is -0.570. The van der Waals surface area contributed by atoms with Crippen LogP contribution in [0.3, 0.4) is 0 Å². The summed E-state index contributed by atoms with van der Waals surface area (Å²) in [5.74, 6) is -0.145. The maximum Gasteiger partial charge on any atom is 0.140 e. The summed E-state index contributed by atoms with van der Waals surface area (Å²) in [5, 5.41) is 0. The zero-order valence-corrected chi connectivity index (χ0v) is 9.77. The van der Waals surface area contributed by atoms with Crippen molar-refractivity contribution in [2.75, 3.05) is 18.0 Å². The molecule has 0 bridgehead atoms. The molecule has 1 saturated heterocycles. The SMILES string of the molecule is Cc1cc(N2CCCC2)cc(Br)c1F. The first-order chi connectivity index (χ1) is 6.68. The van der Waals surface area contributed by atoms with Crippen LogP contribution in [0.5, 0.6) is 0 Å². The van der Waals surface area contributed by atoms with Crippen LogP contribution in [-0.2, 0) is 0 Å². The highest BCUT2D eigenvalue weighted by Gasteiger charge is 2.14. The molecule has 0 aliphatic carbocycles. The van der Waals surface area contributed by atoms with Gasteiger partial charge in [0.25, 0.3) is 0 Å². The molecule has 0 N–H and O–H groups in total. The van der Waals surface area contributed by atoms with Gasteiger partial charge in [0.2, 0.25) is 0 Å². The Balaban J connectivity index is 2.34. The highest BCUT2D eigenvalue weighted by atomic mass is 79.9. The highest BCUT2D eigenvalue weighted by Crippen LogP contribution is 2.28. The number of hydrogen-bond donors (Lipinski definition) is 0. The van der Waals surface area contributed by atoms with E-state index in [1.807, 2.05) is 12.1 Å². The van der Waals surface area contributed by atoms with Crippen molar-refractivity contribution in [2.45, 2.75) is 19.8 Å². The predicted molar refractivity (Wildman–Crippen MR) is 60.3 cm³/mol. The quantitative estimate of drug-likeness (QED) is 0.745. The molecule has 3 heteroatoms. The predicted octanol–water partition coefficient (Wildman–Crippen LogP) is 3.50. The van der Waals surface area contributed by atoms with Crippen LogP contribution in [0, 0.1) is 12.7 Å². The van der Waals surface area contributed by atoms with E-state index in [0.717, 1.165) is 18.8 Å². The Morgan fingerprint density at radius 3 is 2.50 bits per heavy atom. The summed E-state index contributed by atoms with van der Waals surface area (Å²) in [6.45, 7) is 3.99. The molecule has 14 heavy (non-hydrogen) atoms. The van der Waals surface area contributed by atoms with Gasteiger partial charge in [-0.2, -0.15) is 0 Å². The number of halogens is 2. The average molecular weight is 258 g/mol. The van der Waals surface area contributed by atoms with Crippen LogP contribution >= 0.6 is 15.9 Å². The lowest BCUT2D eigenvalue weighted by Gasteiger charge is -2.18. The summed E-state index contributed by atoms with van der Waals surface area (Å²) < 4.78 is 13.9. The number of hydrogen-bond acceptors (Lipinski definition) is 1. The molecule has 1 aliphatic heterocycles. The topological polar surface area (TPSA) is 3.24 Å². The van der Waals surface area contributed by atoms with E-state index < -0.39 is 0 Å². The Morgan fingerprint density at radius 1 is 1.29 bits per heavy atom. The van der Waals surface area contributed by atoms with Gasteiger partial charge in [-0.05, 0) is 53.4 Å². The molecule has 0 unspecified atom stereocenters. The Bertz CT molecular complexity index is 322. The van der Waals surface area contributed by atoms with E-state index in [9.17, 15) is 4.39 Å². The van der Waals surface area contributed by atoms with Gasteiger partial charge >= 0.3 is 0 Å². The molecule has 1 aliphatic rings. The molecule has 76 valence electrons. The molecule has 2 rings (SSSR count). The van der Waals surface area contributed by atoms with Crippen molar-refractivity contribution >= 4 is 21.6 Å². The second kappa shape index (κ2) is 3.89. The number of benzene rings is 1. The van der Waals surface area contributed by atoms with Crippen molar-refractivity contribution in [1.82, 2.24) is 0 Å². The fourth-order valence-electron chi connectivity index (χ4n) is 1.87. The van der Waals surface area contributed by atoms with Gasteiger partial charge in [0.1, 0.15) is 5.82 Å².